The molecular formula is C9H11Cl2NO. The number of hydrogen-bond acceptors (Lipinski definition) is 2. The Morgan fingerprint density at radius 3 is 2.38 bits per heavy atom. The first-order valence-electron chi connectivity index (χ1n) is 3.85. The van der Waals surface area contributed by atoms with Gasteiger partial charge in [-0.15, -0.1) is 0 Å². The van der Waals surface area contributed by atoms with E-state index in [2.05, 4.69) is 0 Å². The fourth-order valence-electron chi connectivity index (χ4n) is 1.13. The topological polar surface area (TPSA) is 35.2 Å². The van der Waals surface area contributed by atoms with Crippen LogP contribution in [0.15, 0.2) is 18.2 Å². The van der Waals surface area contributed by atoms with Gasteiger partial charge in [-0.3, -0.25) is 0 Å². The minimum absolute atomic E-state index is 0.272. The molecule has 0 radical (unpaired) electrons. The molecule has 2 nitrogen and oxygen atoms in total. The Balaban J connectivity index is 2.98. The fraction of sp³-hybridized carbons (Fsp3) is 0.333. The lowest BCUT2D eigenvalue weighted by Gasteiger charge is -2.13. The molecule has 0 aliphatic rings. The first-order chi connectivity index (χ1) is 6.16. The maximum absolute atomic E-state index is 5.94. The van der Waals surface area contributed by atoms with E-state index in [9.17, 15) is 0 Å². The lowest BCUT2D eigenvalue weighted by atomic mass is 10.1. The number of rotatable bonds is 3. The molecule has 4 heteroatoms. The number of hydrogen-bond donors (Lipinski definition) is 1. The van der Waals surface area contributed by atoms with Crippen LogP contribution in [0.5, 0.6) is 0 Å². The second kappa shape index (κ2) is 4.82. The van der Waals surface area contributed by atoms with Gasteiger partial charge in [0.2, 0.25) is 0 Å². The molecule has 0 spiro atoms. The van der Waals surface area contributed by atoms with E-state index in [0.29, 0.717) is 16.7 Å². The smallest absolute Gasteiger partial charge is 0.0656 e. The molecule has 0 saturated heterocycles. The molecule has 0 aromatic heterocycles. The molecular weight excluding hydrogens is 209 g/mol. The van der Waals surface area contributed by atoms with Gasteiger partial charge in [0.05, 0.1) is 12.6 Å². The van der Waals surface area contributed by atoms with Crippen LogP contribution in [0.1, 0.15) is 11.6 Å². The Hall–Kier alpha value is -0.280. The number of ether oxygens (including phenoxy) is 1. The van der Waals surface area contributed by atoms with Crippen LogP contribution in [-0.4, -0.2) is 13.7 Å². The van der Waals surface area contributed by atoms with Gasteiger partial charge < -0.3 is 10.5 Å². The molecule has 0 saturated carbocycles. The van der Waals surface area contributed by atoms with Gasteiger partial charge in [0.1, 0.15) is 0 Å². The number of methoxy groups -OCH3 is 1. The lowest BCUT2D eigenvalue weighted by Crippen LogP contribution is -2.16. The van der Waals surface area contributed by atoms with Crippen LogP contribution in [0, 0.1) is 0 Å². The molecule has 2 N–H and O–H groups in total. The standard InChI is InChI=1S/C9H11Cl2NO/c1-13-5-8(12)9-6(10)3-2-4-7(9)11/h2-4,8H,5,12H2,1H3/t8-/m0/s1. The molecule has 1 atom stereocenters. The molecule has 0 aliphatic carbocycles. The van der Waals surface area contributed by atoms with Gasteiger partial charge in [-0.25, -0.2) is 0 Å². The monoisotopic (exact) mass is 219 g/mol. The van der Waals surface area contributed by atoms with Gasteiger partial charge in [-0.2, -0.15) is 0 Å². The van der Waals surface area contributed by atoms with Crippen molar-refractivity contribution in [2.45, 2.75) is 6.04 Å². The van der Waals surface area contributed by atoms with Crippen LogP contribution < -0.4 is 5.73 Å². The molecule has 13 heavy (non-hydrogen) atoms. The number of nitrogens with two attached hydrogens (primary N) is 1. The Morgan fingerprint density at radius 1 is 1.38 bits per heavy atom. The predicted octanol–water partition coefficient (Wildman–Crippen LogP) is 2.64. The van der Waals surface area contributed by atoms with E-state index >= 15 is 0 Å². The van der Waals surface area contributed by atoms with Crippen LogP contribution in [0.3, 0.4) is 0 Å². The summed E-state index contributed by atoms with van der Waals surface area (Å²) < 4.78 is 4.93. The quantitative estimate of drug-likeness (QED) is 0.849. The fourth-order valence-corrected chi connectivity index (χ4v) is 1.81. The average molecular weight is 220 g/mol. The summed E-state index contributed by atoms with van der Waals surface area (Å²) in [7, 11) is 1.59. The minimum atomic E-state index is -0.272. The normalized spacial score (nSPS) is 12.9. The van der Waals surface area contributed by atoms with E-state index in [0.717, 1.165) is 5.56 Å². The van der Waals surface area contributed by atoms with Gasteiger partial charge >= 0.3 is 0 Å². The van der Waals surface area contributed by atoms with Crippen molar-refractivity contribution in [3.8, 4) is 0 Å². The maximum atomic E-state index is 5.94. The lowest BCUT2D eigenvalue weighted by molar-refractivity contribution is 0.181. The Kier molecular flexibility index (Phi) is 4.00. The van der Waals surface area contributed by atoms with Crippen molar-refractivity contribution in [1.82, 2.24) is 0 Å². The largest absolute Gasteiger partial charge is 0.383 e. The second-order valence-electron chi connectivity index (χ2n) is 2.70. The molecule has 0 aliphatic heterocycles. The van der Waals surface area contributed by atoms with Crippen molar-refractivity contribution in [3.63, 3.8) is 0 Å². The molecule has 1 aromatic carbocycles. The molecule has 0 bridgehead atoms. The third-order valence-electron chi connectivity index (χ3n) is 1.72. The van der Waals surface area contributed by atoms with Crippen molar-refractivity contribution in [2.75, 3.05) is 13.7 Å². The zero-order valence-corrected chi connectivity index (χ0v) is 8.77. The highest BCUT2D eigenvalue weighted by Crippen LogP contribution is 2.28. The van der Waals surface area contributed by atoms with Crippen molar-refractivity contribution in [2.24, 2.45) is 5.73 Å². The average Bonchev–Trinajstić information content (AvgIpc) is 2.04. The third kappa shape index (κ3) is 2.58. The molecule has 0 amide bonds. The van der Waals surface area contributed by atoms with Crippen LogP contribution in [0.4, 0.5) is 0 Å². The molecule has 0 fully saturated rings. The summed E-state index contributed by atoms with van der Waals surface area (Å²) in [4.78, 5) is 0. The zero-order chi connectivity index (χ0) is 9.84. The van der Waals surface area contributed by atoms with E-state index in [-0.39, 0.29) is 6.04 Å². The minimum Gasteiger partial charge on any atom is -0.383 e. The van der Waals surface area contributed by atoms with Crippen molar-refractivity contribution in [3.05, 3.63) is 33.8 Å². The summed E-state index contributed by atoms with van der Waals surface area (Å²) in [5.74, 6) is 0. The van der Waals surface area contributed by atoms with E-state index < -0.39 is 0 Å². The van der Waals surface area contributed by atoms with Crippen molar-refractivity contribution in [1.29, 1.82) is 0 Å². The second-order valence-corrected chi connectivity index (χ2v) is 3.51. The van der Waals surface area contributed by atoms with Crippen molar-refractivity contribution >= 4 is 23.2 Å². The van der Waals surface area contributed by atoms with Crippen molar-refractivity contribution < 1.29 is 4.74 Å². The van der Waals surface area contributed by atoms with Gasteiger partial charge in [0.15, 0.2) is 0 Å². The third-order valence-corrected chi connectivity index (χ3v) is 2.38. The van der Waals surface area contributed by atoms with Gasteiger partial charge in [0, 0.05) is 22.7 Å². The van der Waals surface area contributed by atoms with E-state index in [1.807, 2.05) is 0 Å². The van der Waals surface area contributed by atoms with Gasteiger partial charge in [0.25, 0.3) is 0 Å². The maximum Gasteiger partial charge on any atom is 0.0656 e. The molecule has 1 aromatic rings. The summed E-state index contributed by atoms with van der Waals surface area (Å²) in [5, 5.41) is 1.16. The Labute approximate surface area is 87.6 Å². The number of benzene rings is 1. The van der Waals surface area contributed by atoms with E-state index in [1.54, 1.807) is 25.3 Å². The van der Waals surface area contributed by atoms with Crippen LogP contribution in [0.25, 0.3) is 0 Å². The molecule has 0 unspecified atom stereocenters. The van der Waals surface area contributed by atoms with Gasteiger partial charge in [-0.05, 0) is 12.1 Å². The van der Waals surface area contributed by atoms with Gasteiger partial charge in [-0.1, -0.05) is 29.3 Å². The summed E-state index contributed by atoms with van der Waals surface area (Å²) in [6.45, 7) is 0.406. The summed E-state index contributed by atoms with van der Waals surface area (Å²) in [6.07, 6.45) is 0. The summed E-state index contributed by atoms with van der Waals surface area (Å²) in [5.41, 5.74) is 6.56. The van der Waals surface area contributed by atoms with E-state index in [1.165, 1.54) is 0 Å². The summed E-state index contributed by atoms with van der Waals surface area (Å²) in [6, 6.07) is 5.04. The molecule has 1 rings (SSSR count). The Morgan fingerprint density at radius 2 is 1.92 bits per heavy atom. The first-order valence-corrected chi connectivity index (χ1v) is 4.61. The number of halogens is 2. The van der Waals surface area contributed by atoms with Crippen LogP contribution in [-0.2, 0) is 4.74 Å². The van der Waals surface area contributed by atoms with E-state index in [4.69, 9.17) is 33.7 Å². The highest BCUT2D eigenvalue weighted by atomic mass is 35.5. The zero-order valence-electron chi connectivity index (χ0n) is 7.26. The molecule has 72 valence electrons. The highest BCUT2D eigenvalue weighted by Gasteiger charge is 2.13. The predicted molar refractivity (Wildman–Crippen MR) is 55.3 cm³/mol. The van der Waals surface area contributed by atoms with Crippen LogP contribution >= 0.6 is 23.2 Å². The van der Waals surface area contributed by atoms with Crippen LogP contribution in [0.2, 0.25) is 10.0 Å². The highest BCUT2D eigenvalue weighted by molar-refractivity contribution is 6.36. The summed E-state index contributed by atoms with van der Waals surface area (Å²) >= 11 is 11.9. The molecule has 0 heterocycles. The SMILES string of the molecule is COC[C@H](N)c1c(Cl)cccc1Cl. The first kappa shape index (κ1) is 10.8. The Bertz CT molecular complexity index is 271.